The van der Waals surface area contributed by atoms with E-state index in [1.165, 1.54) is 11.0 Å². The molecule has 0 aliphatic rings. The minimum absolute atomic E-state index is 0.906. The van der Waals surface area contributed by atoms with Gasteiger partial charge in [-0.1, -0.05) is 12.8 Å². The zero-order valence-corrected chi connectivity index (χ0v) is 10.4. The first kappa shape index (κ1) is 10.9. The van der Waals surface area contributed by atoms with Gasteiger partial charge in [0.05, 0.1) is 16.6 Å². The van der Waals surface area contributed by atoms with Crippen molar-refractivity contribution in [3.05, 3.63) is 42.1 Å². The first-order valence-electron chi connectivity index (χ1n) is 6.18. The molecule has 0 aliphatic carbocycles. The van der Waals surface area contributed by atoms with Gasteiger partial charge < -0.3 is 4.57 Å². The molecule has 0 N–H and O–H groups in total. The van der Waals surface area contributed by atoms with Crippen LogP contribution in [0.25, 0.3) is 21.9 Å². The van der Waals surface area contributed by atoms with Gasteiger partial charge in [0.2, 0.25) is 0 Å². The van der Waals surface area contributed by atoms with E-state index >= 15 is 0 Å². The predicted octanol–water partition coefficient (Wildman–Crippen LogP) is 3.58. The molecule has 0 spiro atoms. The third kappa shape index (κ3) is 1.48. The van der Waals surface area contributed by atoms with E-state index in [9.17, 15) is 0 Å². The van der Waals surface area contributed by atoms with Crippen LogP contribution < -0.4 is 0 Å². The van der Waals surface area contributed by atoms with Crippen LogP contribution in [0.4, 0.5) is 0 Å². The Morgan fingerprint density at radius 2 is 2.17 bits per heavy atom. The number of terminal acetylenes is 1. The number of pyridine rings is 1. The molecule has 0 aliphatic heterocycles. The summed E-state index contributed by atoms with van der Waals surface area (Å²) >= 11 is 0. The summed E-state index contributed by atoms with van der Waals surface area (Å²) in [6.07, 6.45) is 8.41. The predicted molar refractivity (Wildman–Crippen MR) is 75.5 cm³/mol. The summed E-state index contributed by atoms with van der Waals surface area (Å²) in [6, 6.07) is 10.2. The average Bonchev–Trinajstić information content (AvgIpc) is 2.74. The Bertz CT molecular complexity index is 760. The summed E-state index contributed by atoms with van der Waals surface area (Å²) in [5.74, 6) is 2.69. The van der Waals surface area contributed by atoms with Crippen molar-refractivity contribution in [1.29, 1.82) is 0 Å². The fourth-order valence-corrected chi connectivity index (χ4v) is 2.47. The molecule has 2 aromatic heterocycles. The highest BCUT2D eigenvalue weighted by Gasteiger charge is 2.10. The topological polar surface area (TPSA) is 17.8 Å². The van der Waals surface area contributed by atoms with Crippen LogP contribution in [0.1, 0.15) is 18.9 Å². The van der Waals surface area contributed by atoms with Gasteiger partial charge in [-0.05, 0) is 36.8 Å². The summed E-state index contributed by atoms with van der Waals surface area (Å²) in [5.41, 5.74) is 4.34. The summed E-state index contributed by atoms with van der Waals surface area (Å²) in [6.45, 7) is 3.19. The smallest absolute Gasteiger partial charge is 0.0960 e. The monoisotopic (exact) mass is 234 g/mol. The molecule has 0 saturated heterocycles. The maximum atomic E-state index is 5.47. The second-order valence-corrected chi connectivity index (χ2v) is 4.40. The summed E-state index contributed by atoms with van der Waals surface area (Å²) in [5, 5.41) is 1.15. The lowest BCUT2D eigenvalue weighted by Gasteiger charge is -2.04. The number of nitrogens with zero attached hydrogens (tertiary/aromatic N) is 2. The van der Waals surface area contributed by atoms with Crippen molar-refractivity contribution in [2.75, 3.05) is 0 Å². The van der Waals surface area contributed by atoms with Gasteiger partial charge in [-0.15, -0.1) is 6.42 Å². The van der Waals surface area contributed by atoms with E-state index in [4.69, 9.17) is 6.42 Å². The molecule has 0 radical (unpaired) electrons. The Labute approximate surface area is 106 Å². The lowest BCUT2D eigenvalue weighted by Crippen LogP contribution is -1.95. The van der Waals surface area contributed by atoms with Gasteiger partial charge in [0.15, 0.2) is 0 Å². The number of hydrogen-bond acceptors (Lipinski definition) is 1. The van der Waals surface area contributed by atoms with Gasteiger partial charge >= 0.3 is 0 Å². The molecule has 0 fully saturated rings. The number of fused-ring (bicyclic) bond motifs is 3. The van der Waals surface area contributed by atoms with Gasteiger partial charge in [0, 0.05) is 23.7 Å². The average molecular weight is 234 g/mol. The lowest BCUT2D eigenvalue weighted by atomic mass is 10.1. The van der Waals surface area contributed by atoms with Crippen molar-refractivity contribution in [2.45, 2.75) is 19.9 Å². The molecule has 88 valence electrons. The molecule has 2 heteroatoms. The summed E-state index contributed by atoms with van der Waals surface area (Å²) < 4.78 is 2.32. The van der Waals surface area contributed by atoms with Crippen LogP contribution in [-0.4, -0.2) is 9.55 Å². The minimum atomic E-state index is 0.906. The highest BCUT2D eigenvalue weighted by molar-refractivity contribution is 6.06. The molecule has 0 amide bonds. The minimum Gasteiger partial charge on any atom is -0.339 e. The molecule has 0 unspecified atom stereocenters. The molecule has 3 aromatic rings. The van der Waals surface area contributed by atoms with Gasteiger partial charge in [0.25, 0.3) is 0 Å². The number of benzene rings is 1. The SMILES string of the molecule is C#Cc1ccc2c(c1)c1ncccc1n2CCC. The highest BCUT2D eigenvalue weighted by Crippen LogP contribution is 2.28. The fraction of sp³-hybridized carbons (Fsp3) is 0.188. The van der Waals surface area contributed by atoms with Crippen molar-refractivity contribution in [3.8, 4) is 12.3 Å². The van der Waals surface area contributed by atoms with E-state index in [0.717, 1.165) is 29.4 Å². The Hall–Kier alpha value is -2.27. The number of rotatable bonds is 2. The first-order valence-corrected chi connectivity index (χ1v) is 6.18. The molecule has 3 rings (SSSR count). The van der Waals surface area contributed by atoms with Crippen LogP contribution in [-0.2, 0) is 6.54 Å². The normalized spacial score (nSPS) is 10.9. The molecule has 2 nitrogen and oxygen atoms in total. The van der Waals surface area contributed by atoms with Crippen LogP contribution in [0.2, 0.25) is 0 Å². The van der Waals surface area contributed by atoms with Crippen molar-refractivity contribution < 1.29 is 0 Å². The second kappa shape index (κ2) is 4.19. The molecule has 2 heterocycles. The van der Waals surface area contributed by atoms with Crippen LogP contribution in [0.15, 0.2) is 36.5 Å². The van der Waals surface area contributed by atoms with Gasteiger partial charge in [-0.25, -0.2) is 0 Å². The van der Waals surface area contributed by atoms with Crippen molar-refractivity contribution in [2.24, 2.45) is 0 Å². The van der Waals surface area contributed by atoms with E-state index in [1.807, 2.05) is 18.3 Å². The van der Waals surface area contributed by atoms with Gasteiger partial charge in [-0.3, -0.25) is 4.98 Å². The fourth-order valence-electron chi connectivity index (χ4n) is 2.47. The van der Waals surface area contributed by atoms with Gasteiger partial charge in [-0.2, -0.15) is 0 Å². The Kier molecular flexibility index (Phi) is 2.53. The van der Waals surface area contributed by atoms with Crippen molar-refractivity contribution >= 4 is 21.9 Å². The van der Waals surface area contributed by atoms with E-state index in [2.05, 4.69) is 40.6 Å². The van der Waals surface area contributed by atoms with E-state index in [1.54, 1.807) is 0 Å². The molecule has 18 heavy (non-hydrogen) atoms. The maximum Gasteiger partial charge on any atom is 0.0960 e. The molecular weight excluding hydrogens is 220 g/mol. The zero-order chi connectivity index (χ0) is 12.5. The number of aromatic nitrogens is 2. The number of hydrogen-bond donors (Lipinski definition) is 0. The highest BCUT2D eigenvalue weighted by atomic mass is 15.0. The van der Waals surface area contributed by atoms with Crippen LogP contribution in [0.3, 0.4) is 0 Å². The molecule has 0 saturated carbocycles. The standard InChI is InChI=1S/C16H14N2/c1-3-10-18-14-8-7-12(4-2)11-13(14)16-15(18)6-5-9-17-16/h2,5-9,11H,3,10H2,1H3. The number of aryl methyl sites for hydroxylation is 1. The Morgan fingerprint density at radius 1 is 1.28 bits per heavy atom. The zero-order valence-electron chi connectivity index (χ0n) is 10.4. The van der Waals surface area contributed by atoms with Gasteiger partial charge in [0.1, 0.15) is 0 Å². The van der Waals surface area contributed by atoms with E-state index in [0.29, 0.717) is 0 Å². The third-order valence-electron chi connectivity index (χ3n) is 3.23. The Balaban J connectivity index is 2.46. The van der Waals surface area contributed by atoms with Crippen LogP contribution in [0.5, 0.6) is 0 Å². The van der Waals surface area contributed by atoms with Crippen LogP contribution in [0, 0.1) is 12.3 Å². The first-order chi connectivity index (χ1) is 8.85. The molecular formula is C16H14N2. The summed E-state index contributed by atoms with van der Waals surface area (Å²) in [4.78, 5) is 4.50. The molecule has 0 atom stereocenters. The molecule has 0 bridgehead atoms. The maximum absolute atomic E-state index is 5.47. The summed E-state index contributed by atoms with van der Waals surface area (Å²) in [7, 11) is 0. The lowest BCUT2D eigenvalue weighted by molar-refractivity contribution is 0.723. The van der Waals surface area contributed by atoms with E-state index in [-0.39, 0.29) is 0 Å². The Morgan fingerprint density at radius 3 is 2.94 bits per heavy atom. The van der Waals surface area contributed by atoms with Crippen LogP contribution >= 0.6 is 0 Å². The largest absolute Gasteiger partial charge is 0.339 e. The second-order valence-electron chi connectivity index (χ2n) is 4.40. The van der Waals surface area contributed by atoms with Crippen molar-refractivity contribution in [1.82, 2.24) is 9.55 Å². The molecule has 1 aromatic carbocycles. The third-order valence-corrected chi connectivity index (χ3v) is 3.23. The van der Waals surface area contributed by atoms with E-state index < -0.39 is 0 Å². The quantitative estimate of drug-likeness (QED) is 0.620. The van der Waals surface area contributed by atoms with Crippen molar-refractivity contribution in [3.63, 3.8) is 0 Å².